The normalized spacial score (nSPS) is 36.5. The molecule has 0 aliphatic carbocycles. The average molecular weight is 168 g/mol. The number of carbonyl (C=O) groups is 1. The van der Waals surface area contributed by atoms with Crippen LogP contribution in [0.5, 0.6) is 0 Å². The molecule has 0 bridgehead atoms. The summed E-state index contributed by atoms with van der Waals surface area (Å²) in [6.07, 6.45) is 5.68. The molecule has 68 valence electrons. The lowest BCUT2D eigenvalue weighted by Gasteiger charge is -2.24. The van der Waals surface area contributed by atoms with E-state index in [0.29, 0.717) is 0 Å². The lowest BCUT2D eigenvalue weighted by molar-refractivity contribution is -0.124. The van der Waals surface area contributed by atoms with Gasteiger partial charge >= 0.3 is 0 Å². The van der Waals surface area contributed by atoms with Crippen LogP contribution in [0.15, 0.2) is 0 Å². The molecule has 0 aromatic heterocycles. The molecular formula is C9H16N2O. The first-order valence-corrected chi connectivity index (χ1v) is 4.87. The molecule has 2 heterocycles. The molecule has 1 atom stereocenters. The van der Waals surface area contributed by atoms with Gasteiger partial charge in [0.05, 0.1) is 5.54 Å². The maximum Gasteiger partial charge on any atom is 0.240 e. The number of hydrogen-bond donors (Lipinski definition) is 2. The molecule has 1 amide bonds. The van der Waals surface area contributed by atoms with Crippen molar-refractivity contribution in [1.82, 2.24) is 10.6 Å². The van der Waals surface area contributed by atoms with Crippen LogP contribution in [0.4, 0.5) is 0 Å². The third-order valence-corrected chi connectivity index (χ3v) is 3.02. The zero-order chi connectivity index (χ0) is 8.44. The zero-order valence-corrected chi connectivity index (χ0v) is 7.36. The molecule has 0 saturated carbocycles. The summed E-state index contributed by atoms with van der Waals surface area (Å²) in [5.41, 5.74) is -0.184. The lowest BCUT2D eigenvalue weighted by atomic mass is 9.92. The molecule has 2 N–H and O–H groups in total. The van der Waals surface area contributed by atoms with Crippen LogP contribution >= 0.6 is 0 Å². The van der Waals surface area contributed by atoms with Gasteiger partial charge in [0.15, 0.2) is 0 Å². The van der Waals surface area contributed by atoms with Gasteiger partial charge in [-0.1, -0.05) is 12.8 Å². The van der Waals surface area contributed by atoms with Crippen molar-refractivity contribution in [3.8, 4) is 0 Å². The van der Waals surface area contributed by atoms with E-state index >= 15 is 0 Å². The van der Waals surface area contributed by atoms with E-state index in [1.165, 1.54) is 19.3 Å². The predicted octanol–water partition coefficient (Wildman–Crippen LogP) is 0.409. The van der Waals surface area contributed by atoms with E-state index < -0.39 is 0 Å². The van der Waals surface area contributed by atoms with Crippen LogP contribution in [-0.2, 0) is 4.79 Å². The molecule has 0 radical (unpaired) electrons. The minimum absolute atomic E-state index is 0.184. The third kappa shape index (κ3) is 1.22. The van der Waals surface area contributed by atoms with Crippen LogP contribution in [0, 0.1) is 0 Å². The molecular weight excluding hydrogens is 152 g/mol. The van der Waals surface area contributed by atoms with Gasteiger partial charge in [-0.2, -0.15) is 0 Å². The Labute approximate surface area is 72.9 Å². The summed E-state index contributed by atoms with van der Waals surface area (Å²) in [5, 5.41) is 6.30. The van der Waals surface area contributed by atoms with Crippen LogP contribution in [0.1, 0.15) is 32.1 Å². The first kappa shape index (κ1) is 8.05. The maximum absolute atomic E-state index is 11.5. The Kier molecular flexibility index (Phi) is 2.05. The van der Waals surface area contributed by atoms with Gasteiger partial charge in [0, 0.05) is 6.54 Å². The number of rotatable bonds is 0. The molecule has 3 nitrogen and oxygen atoms in total. The van der Waals surface area contributed by atoms with Crippen molar-refractivity contribution in [3.05, 3.63) is 0 Å². The molecule has 2 fully saturated rings. The average Bonchev–Trinajstić information content (AvgIpc) is 2.33. The number of hydrogen-bond acceptors (Lipinski definition) is 2. The number of carbonyl (C=O) groups excluding carboxylic acids is 1. The van der Waals surface area contributed by atoms with Crippen LogP contribution in [0.2, 0.25) is 0 Å². The van der Waals surface area contributed by atoms with Gasteiger partial charge in [-0.15, -0.1) is 0 Å². The standard InChI is InChI=1S/C9H16N2O/c12-8-9(5-7-10-8)4-2-1-3-6-11-9/h11H,1-7H2,(H,10,12). The molecule has 1 unspecified atom stereocenters. The van der Waals surface area contributed by atoms with Crippen molar-refractivity contribution >= 4 is 5.91 Å². The summed E-state index contributed by atoms with van der Waals surface area (Å²) in [4.78, 5) is 11.5. The van der Waals surface area contributed by atoms with E-state index in [1.54, 1.807) is 0 Å². The Balaban J connectivity index is 2.11. The first-order chi connectivity index (χ1) is 5.83. The van der Waals surface area contributed by atoms with Crippen LogP contribution in [0.3, 0.4) is 0 Å². The Morgan fingerprint density at radius 2 is 2.00 bits per heavy atom. The van der Waals surface area contributed by atoms with Gasteiger partial charge in [-0.25, -0.2) is 0 Å². The van der Waals surface area contributed by atoms with Gasteiger partial charge in [-0.3, -0.25) is 4.79 Å². The second-order valence-electron chi connectivity index (χ2n) is 3.83. The van der Waals surface area contributed by atoms with E-state index in [9.17, 15) is 4.79 Å². The van der Waals surface area contributed by atoms with Crippen LogP contribution in [0.25, 0.3) is 0 Å². The molecule has 0 aromatic rings. The Hall–Kier alpha value is -0.570. The third-order valence-electron chi connectivity index (χ3n) is 3.02. The smallest absolute Gasteiger partial charge is 0.240 e. The van der Waals surface area contributed by atoms with E-state index in [-0.39, 0.29) is 11.4 Å². The van der Waals surface area contributed by atoms with Crippen molar-refractivity contribution in [3.63, 3.8) is 0 Å². The summed E-state index contributed by atoms with van der Waals surface area (Å²) in [6, 6.07) is 0. The van der Waals surface area contributed by atoms with Crippen molar-refractivity contribution in [2.75, 3.05) is 13.1 Å². The van der Waals surface area contributed by atoms with E-state index in [2.05, 4.69) is 10.6 Å². The number of nitrogens with one attached hydrogen (secondary N) is 2. The SMILES string of the molecule is O=C1NCCC12CCCCCN2. The maximum atomic E-state index is 11.5. The highest BCUT2D eigenvalue weighted by Crippen LogP contribution is 2.25. The number of amides is 1. The fourth-order valence-electron chi connectivity index (χ4n) is 2.22. The fourth-order valence-corrected chi connectivity index (χ4v) is 2.22. The molecule has 2 saturated heterocycles. The molecule has 3 heteroatoms. The monoisotopic (exact) mass is 168 g/mol. The van der Waals surface area contributed by atoms with Gasteiger partial charge in [0.1, 0.15) is 0 Å². The van der Waals surface area contributed by atoms with Gasteiger partial charge in [0.25, 0.3) is 0 Å². The highest BCUT2D eigenvalue weighted by Gasteiger charge is 2.41. The summed E-state index contributed by atoms with van der Waals surface area (Å²) in [7, 11) is 0. The first-order valence-electron chi connectivity index (χ1n) is 4.87. The highest BCUT2D eigenvalue weighted by molar-refractivity contribution is 5.88. The van der Waals surface area contributed by atoms with Crippen LogP contribution in [-0.4, -0.2) is 24.5 Å². The minimum Gasteiger partial charge on any atom is -0.354 e. The molecule has 2 rings (SSSR count). The Bertz CT molecular complexity index is 183. The van der Waals surface area contributed by atoms with Crippen molar-refractivity contribution in [2.45, 2.75) is 37.6 Å². The lowest BCUT2D eigenvalue weighted by Crippen LogP contribution is -2.50. The van der Waals surface area contributed by atoms with Crippen LogP contribution < -0.4 is 10.6 Å². The largest absolute Gasteiger partial charge is 0.354 e. The molecule has 1 spiro atoms. The van der Waals surface area contributed by atoms with Crippen molar-refractivity contribution in [1.29, 1.82) is 0 Å². The van der Waals surface area contributed by atoms with Crippen molar-refractivity contribution < 1.29 is 4.79 Å². The summed E-state index contributed by atoms with van der Waals surface area (Å²) in [5.74, 6) is 0.226. The minimum atomic E-state index is -0.184. The van der Waals surface area contributed by atoms with E-state index in [0.717, 1.165) is 25.9 Å². The molecule has 12 heavy (non-hydrogen) atoms. The topological polar surface area (TPSA) is 41.1 Å². The molecule has 2 aliphatic heterocycles. The Morgan fingerprint density at radius 3 is 2.75 bits per heavy atom. The Morgan fingerprint density at radius 1 is 1.08 bits per heavy atom. The summed E-state index contributed by atoms with van der Waals surface area (Å²) < 4.78 is 0. The zero-order valence-electron chi connectivity index (χ0n) is 7.36. The van der Waals surface area contributed by atoms with Gasteiger partial charge in [0.2, 0.25) is 5.91 Å². The van der Waals surface area contributed by atoms with E-state index in [1.807, 2.05) is 0 Å². The summed E-state index contributed by atoms with van der Waals surface area (Å²) >= 11 is 0. The van der Waals surface area contributed by atoms with Gasteiger partial charge < -0.3 is 10.6 Å². The van der Waals surface area contributed by atoms with Gasteiger partial charge in [-0.05, 0) is 25.8 Å². The summed E-state index contributed by atoms with van der Waals surface area (Å²) in [6.45, 7) is 1.86. The second kappa shape index (κ2) is 3.05. The second-order valence-corrected chi connectivity index (χ2v) is 3.83. The van der Waals surface area contributed by atoms with Crippen molar-refractivity contribution in [2.24, 2.45) is 0 Å². The predicted molar refractivity (Wildman–Crippen MR) is 46.8 cm³/mol. The fraction of sp³-hybridized carbons (Fsp3) is 0.889. The molecule has 0 aromatic carbocycles. The molecule has 2 aliphatic rings. The quantitative estimate of drug-likeness (QED) is 0.550. The van der Waals surface area contributed by atoms with E-state index in [4.69, 9.17) is 0 Å². The highest BCUT2D eigenvalue weighted by atomic mass is 16.2.